The zero-order valence-corrected chi connectivity index (χ0v) is 14.1. The highest BCUT2D eigenvalue weighted by atomic mass is 16.7. The zero-order valence-electron chi connectivity index (χ0n) is 14.1. The molecular formula is C18H31NO. The fourth-order valence-corrected chi connectivity index (χ4v) is 3.45. The summed E-state index contributed by atoms with van der Waals surface area (Å²) in [5.41, 5.74) is 2.72. The average Bonchev–Trinajstić information content (AvgIpc) is 2.49. The van der Waals surface area contributed by atoms with E-state index in [9.17, 15) is 0 Å². The second-order valence-electron chi connectivity index (χ2n) is 5.53. The van der Waals surface area contributed by atoms with Crippen molar-refractivity contribution in [2.24, 2.45) is 0 Å². The summed E-state index contributed by atoms with van der Waals surface area (Å²) in [6, 6.07) is 9.18. The van der Waals surface area contributed by atoms with Gasteiger partial charge in [-0.2, -0.15) is 5.06 Å². The lowest BCUT2D eigenvalue weighted by atomic mass is 9.80. The van der Waals surface area contributed by atoms with Crippen LogP contribution in [-0.2, 0) is 10.4 Å². The van der Waals surface area contributed by atoms with Crippen LogP contribution >= 0.6 is 0 Å². The van der Waals surface area contributed by atoms with Crippen molar-refractivity contribution in [2.45, 2.75) is 71.9 Å². The van der Waals surface area contributed by atoms with Gasteiger partial charge in [0.2, 0.25) is 0 Å². The lowest BCUT2D eigenvalue weighted by molar-refractivity contribution is -0.238. The summed E-state index contributed by atoms with van der Waals surface area (Å²) in [6.45, 7) is 11.2. The van der Waals surface area contributed by atoms with E-state index in [2.05, 4.69) is 63.9 Å². The molecule has 0 spiro atoms. The van der Waals surface area contributed by atoms with Crippen LogP contribution < -0.4 is 0 Å². The summed E-state index contributed by atoms with van der Waals surface area (Å²) in [4.78, 5) is 5.88. The third-order valence-electron chi connectivity index (χ3n) is 4.71. The minimum atomic E-state index is -0.0310. The molecule has 0 aliphatic rings. The summed E-state index contributed by atoms with van der Waals surface area (Å²) in [5, 5.41) is 2.26. The van der Waals surface area contributed by atoms with Crippen LogP contribution in [0.3, 0.4) is 0 Å². The van der Waals surface area contributed by atoms with Gasteiger partial charge < -0.3 is 4.84 Å². The molecule has 1 aromatic rings. The molecule has 0 saturated carbocycles. The second kappa shape index (κ2) is 7.80. The average molecular weight is 277 g/mol. The van der Waals surface area contributed by atoms with Crippen molar-refractivity contribution in [2.75, 3.05) is 7.11 Å². The molecular weight excluding hydrogens is 246 g/mol. The predicted octanol–water partition coefficient (Wildman–Crippen LogP) is 5.06. The van der Waals surface area contributed by atoms with Crippen LogP contribution in [0.25, 0.3) is 0 Å². The minimum Gasteiger partial charge on any atom is -0.301 e. The van der Waals surface area contributed by atoms with Gasteiger partial charge in [-0.25, -0.2) is 0 Å². The molecule has 0 aliphatic carbocycles. The third-order valence-corrected chi connectivity index (χ3v) is 4.71. The molecule has 114 valence electrons. The van der Waals surface area contributed by atoms with Gasteiger partial charge in [0.15, 0.2) is 0 Å². The molecule has 0 heterocycles. The first-order chi connectivity index (χ1) is 9.61. The molecule has 0 atom stereocenters. The van der Waals surface area contributed by atoms with Crippen molar-refractivity contribution in [3.8, 4) is 0 Å². The number of benzene rings is 1. The van der Waals surface area contributed by atoms with Crippen LogP contribution in [0.1, 0.15) is 64.5 Å². The van der Waals surface area contributed by atoms with Crippen LogP contribution in [0.2, 0.25) is 0 Å². The molecule has 0 aliphatic heterocycles. The van der Waals surface area contributed by atoms with Crippen molar-refractivity contribution in [1.29, 1.82) is 0 Å². The topological polar surface area (TPSA) is 12.5 Å². The van der Waals surface area contributed by atoms with Gasteiger partial charge in [-0.05, 0) is 43.7 Å². The first kappa shape index (κ1) is 17.2. The molecule has 2 nitrogen and oxygen atoms in total. The zero-order chi connectivity index (χ0) is 15.2. The van der Waals surface area contributed by atoms with Crippen molar-refractivity contribution < 1.29 is 4.84 Å². The van der Waals surface area contributed by atoms with E-state index in [0.717, 1.165) is 25.7 Å². The molecule has 0 aromatic heterocycles. The van der Waals surface area contributed by atoms with E-state index in [1.54, 1.807) is 0 Å². The monoisotopic (exact) mass is 277 g/mol. The molecule has 20 heavy (non-hydrogen) atoms. The van der Waals surface area contributed by atoms with Crippen LogP contribution in [0.15, 0.2) is 24.3 Å². The molecule has 1 rings (SSSR count). The highest BCUT2D eigenvalue weighted by Crippen LogP contribution is 2.39. The van der Waals surface area contributed by atoms with Gasteiger partial charge >= 0.3 is 0 Å². The summed E-state index contributed by atoms with van der Waals surface area (Å²) in [5.74, 6) is 0. The number of hydrogen-bond donors (Lipinski definition) is 0. The van der Waals surface area contributed by atoms with Crippen molar-refractivity contribution >= 4 is 0 Å². The normalized spacial score (nSPS) is 12.4. The quantitative estimate of drug-likeness (QED) is 0.616. The molecule has 0 radical (unpaired) electrons. The standard InChI is InChI=1S/C18H31NO/c1-7-16(8-2)19(20-6)18(9-3,10-4)17-14-12-11-13-15(17)5/h11-14,16H,7-10H2,1-6H3. The Morgan fingerprint density at radius 1 is 1.05 bits per heavy atom. The summed E-state index contributed by atoms with van der Waals surface area (Å²) >= 11 is 0. The van der Waals surface area contributed by atoms with Gasteiger partial charge in [-0.3, -0.25) is 0 Å². The summed E-state index contributed by atoms with van der Waals surface area (Å²) in [6.07, 6.45) is 4.33. The van der Waals surface area contributed by atoms with E-state index in [1.807, 2.05) is 7.11 Å². The van der Waals surface area contributed by atoms with Crippen molar-refractivity contribution in [3.63, 3.8) is 0 Å². The van der Waals surface area contributed by atoms with Crippen molar-refractivity contribution in [3.05, 3.63) is 35.4 Å². The number of hydrogen-bond acceptors (Lipinski definition) is 2. The first-order valence-corrected chi connectivity index (χ1v) is 8.00. The van der Waals surface area contributed by atoms with E-state index in [4.69, 9.17) is 4.84 Å². The van der Waals surface area contributed by atoms with Gasteiger partial charge in [0.25, 0.3) is 0 Å². The van der Waals surface area contributed by atoms with Crippen molar-refractivity contribution in [1.82, 2.24) is 5.06 Å². The lowest BCUT2D eigenvalue weighted by Crippen LogP contribution is -2.50. The molecule has 0 saturated heterocycles. The largest absolute Gasteiger partial charge is 0.301 e. The highest BCUT2D eigenvalue weighted by molar-refractivity contribution is 5.32. The van der Waals surface area contributed by atoms with Gasteiger partial charge in [0.1, 0.15) is 0 Å². The first-order valence-electron chi connectivity index (χ1n) is 8.00. The lowest BCUT2D eigenvalue weighted by Gasteiger charge is -2.46. The Bertz CT molecular complexity index is 394. The molecule has 0 fully saturated rings. The van der Waals surface area contributed by atoms with Gasteiger partial charge in [0, 0.05) is 6.04 Å². The van der Waals surface area contributed by atoms with E-state index >= 15 is 0 Å². The van der Waals surface area contributed by atoms with Crippen LogP contribution in [0, 0.1) is 6.92 Å². The van der Waals surface area contributed by atoms with Gasteiger partial charge in [0.05, 0.1) is 12.6 Å². The van der Waals surface area contributed by atoms with E-state index in [1.165, 1.54) is 11.1 Å². The Morgan fingerprint density at radius 2 is 1.60 bits per heavy atom. The predicted molar refractivity (Wildman–Crippen MR) is 86.7 cm³/mol. The maximum Gasteiger partial charge on any atom is 0.0711 e. The number of aryl methyl sites for hydroxylation is 1. The molecule has 0 amide bonds. The Balaban J connectivity index is 3.36. The maximum absolute atomic E-state index is 5.88. The Labute approximate surface area is 125 Å². The van der Waals surface area contributed by atoms with Gasteiger partial charge in [-0.15, -0.1) is 0 Å². The molecule has 2 heteroatoms. The van der Waals surface area contributed by atoms with E-state index in [0.29, 0.717) is 6.04 Å². The smallest absolute Gasteiger partial charge is 0.0711 e. The van der Waals surface area contributed by atoms with E-state index < -0.39 is 0 Å². The fraction of sp³-hybridized carbons (Fsp3) is 0.667. The van der Waals surface area contributed by atoms with Crippen LogP contribution in [-0.4, -0.2) is 18.2 Å². The van der Waals surface area contributed by atoms with E-state index in [-0.39, 0.29) is 5.54 Å². The maximum atomic E-state index is 5.88. The Morgan fingerprint density at radius 3 is 2.00 bits per heavy atom. The second-order valence-corrected chi connectivity index (χ2v) is 5.53. The van der Waals surface area contributed by atoms with Crippen LogP contribution in [0.5, 0.6) is 0 Å². The SMILES string of the molecule is CCC(CC)N(OC)C(CC)(CC)c1ccccc1C. The molecule has 1 aromatic carbocycles. The third kappa shape index (κ3) is 3.07. The Hall–Kier alpha value is -0.860. The number of nitrogens with zero attached hydrogens (tertiary/aromatic N) is 1. The minimum absolute atomic E-state index is 0.0310. The molecule has 0 unspecified atom stereocenters. The Kier molecular flexibility index (Phi) is 6.70. The molecule has 0 N–H and O–H groups in total. The fourth-order valence-electron chi connectivity index (χ4n) is 3.45. The summed E-state index contributed by atoms with van der Waals surface area (Å²) in [7, 11) is 1.82. The number of hydroxylamine groups is 2. The summed E-state index contributed by atoms with van der Waals surface area (Å²) < 4.78 is 0. The van der Waals surface area contributed by atoms with Gasteiger partial charge in [-0.1, -0.05) is 52.0 Å². The number of rotatable bonds is 8. The highest BCUT2D eigenvalue weighted by Gasteiger charge is 2.39. The molecule has 0 bridgehead atoms. The van der Waals surface area contributed by atoms with Crippen LogP contribution in [0.4, 0.5) is 0 Å².